The summed E-state index contributed by atoms with van der Waals surface area (Å²) in [5, 5.41) is 25.2. The smallest absolute Gasteiger partial charge is 0.315 e. The molecule has 23 heavy (non-hydrogen) atoms. The van der Waals surface area contributed by atoms with Crippen LogP contribution in [0.4, 0.5) is 10.5 Å². The number of benzene rings is 2. The van der Waals surface area contributed by atoms with Crippen LogP contribution in [0.15, 0.2) is 48.5 Å². The molecule has 2 amide bonds. The summed E-state index contributed by atoms with van der Waals surface area (Å²) in [6, 6.07) is 13.0. The molecule has 0 spiro atoms. The van der Waals surface area contributed by atoms with E-state index in [0.29, 0.717) is 5.56 Å². The zero-order chi connectivity index (χ0) is 16.7. The SMILES string of the molecule is O=C(NCc1cccc([N+](=O)[O-])c1)NCc1ccccc1CO. The first-order valence-corrected chi connectivity index (χ1v) is 7.03. The Bertz CT molecular complexity index is 703. The summed E-state index contributed by atoms with van der Waals surface area (Å²) in [5.41, 5.74) is 2.22. The third-order valence-electron chi connectivity index (χ3n) is 3.30. The maximum absolute atomic E-state index is 11.8. The lowest BCUT2D eigenvalue weighted by atomic mass is 10.1. The number of aliphatic hydroxyl groups is 1. The number of nitrogens with one attached hydrogen (secondary N) is 2. The van der Waals surface area contributed by atoms with Crippen molar-refractivity contribution in [1.29, 1.82) is 0 Å². The Balaban J connectivity index is 1.86. The van der Waals surface area contributed by atoms with Crippen LogP contribution in [-0.4, -0.2) is 16.1 Å². The van der Waals surface area contributed by atoms with E-state index in [1.807, 2.05) is 18.2 Å². The number of hydrogen-bond donors (Lipinski definition) is 3. The number of urea groups is 1. The van der Waals surface area contributed by atoms with Gasteiger partial charge in [0.25, 0.3) is 5.69 Å². The van der Waals surface area contributed by atoms with Gasteiger partial charge >= 0.3 is 6.03 Å². The van der Waals surface area contributed by atoms with E-state index in [-0.39, 0.29) is 31.4 Å². The van der Waals surface area contributed by atoms with Crippen molar-refractivity contribution in [3.05, 3.63) is 75.3 Å². The number of nitrogens with zero attached hydrogens (tertiary/aromatic N) is 1. The first-order chi connectivity index (χ1) is 11.1. The molecule has 0 fully saturated rings. The average Bonchev–Trinajstić information content (AvgIpc) is 2.58. The predicted molar refractivity (Wildman–Crippen MR) is 84.5 cm³/mol. The molecular weight excluding hydrogens is 298 g/mol. The van der Waals surface area contributed by atoms with Crippen LogP contribution in [0.25, 0.3) is 0 Å². The van der Waals surface area contributed by atoms with Crippen LogP contribution < -0.4 is 10.6 Å². The van der Waals surface area contributed by atoms with Gasteiger partial charge < -0.3 is 15.7 Å². The summed E-state index contributed by atoms with van der Waals surface area (Å²) in [4.78, 5) is 22.0. The summed E-state index contributed by atoms with van der Waals surface area (Å²) in [7, 11) is 0. The second-order valence-electron chi connectivity index (χ2n) is 4.89. The van der Waals surface area contributed by atoms with Gasteiger partial charge in [-0.1, -0.05) is 36.4 Å². The largest absolute Gasteiger partial charge is 0.392 e. The lowest BCUT2D eigenvalue weighted by molar-refractivity contribution is -0.384. The van der Waals surface area contributed by atoms with Gasteiger partial charge in [0.2, 0.25) is 0 Å². The van der Waals surface area contributed by atoms with Crippen molar-refractivity contribution in [3.8, 4) is 0 Å². The second-order valence-corrected chi connectivity index (χ2v) is 4.89. The summed E-state index contributed by atoms with van der Waals surface area (Å²) in [6.45, 7) is 0.389. The molecule has 0 aliphatic heterocycles. The minimum Gasteiger partial charge on any atom is -0.392 e. The molecule has 0 atom stereocenters. The minimum atomic E-state index is -0.477. The van der Waals surface area contributed by atoms with Gasteiger partial charge in [0.1, 0.15) is 0 Å². The number of rotatable bonds is 6. The van der Waals surface area contributed by atoms with Crippen molar-refractivity contribution in [3.63, 3.8) is 0 Å². The van der Waals surface area contributed by atoms with Crippen molar-refractivity contribution in [2.24, 2.45) is 0 Å². The highest BCUT2D eigenvalue weighted by Gasteiger charge is 2.07. The highest BCUT2D eigenvalue weighted by molar-refractivity contribution is 5.73. The van der Waals surface area contributed by atoms with Gasteiger partial charge in [0.15, 0.2) is 0 Å². The Morgan fingerprint density at radius 2 is 1.74 bits per heavy atom. The van der Waals surface area contributed by atoms with E-state index in [4.69, 9.17) is 0 Å². The molecule has 7 nitrogen and oxygen atoms in total. The van der Waals surface area contributed by atoms with Gasteiger partial charge in [-0.3, -0.25) is 10.1 Å². The van der Waals surface area contributed by atoms with Gasteiger partial charge in [-0.05, 0) is 16.7 Å². The highest BCUT2D eigenvalue weighted by atomic mass is 16.6. The van der Waals surface area contributed by atoms with Crippen LogP contribution in [0.1, 0.15) is 16.7 Å². The zero-order valence-electron chi connectivity index (χ0n) is 12.4. The number of nitro groups is 1. The van der Waals surface area contributed by atoms with Crippen LogP contribution in [-0.2, 0) is 19.7 Å². The monoisotopic (exact) mass is 315 g/mol. The van der Waals surface area contributed by atoms with Crippen LogP contribution in [0.3, 0.4) is 0 Å². The van der Waals surface area contributed by atoms with Crippen molar-refractivity contribution < 1.29 is 14.8 Å². The molecule has 2 aromatic rings. The molecule has 2 aromatic carbocycles. The zero-order valence-corrected chi connectivity index (χ0v) is 12.4. The summed E-state index contributed by atoms with van der Waals surface area (Å²) < 4.78 is 0. The Hall–Kier alpha value is -2.93. The van der Waals surface area contributed by atoms with E-state index in [0.717, 1.165) is 11.1 Å². The fourth-order valence-electron chi connectivity index (χ4n) is 2.08. The number of non-ortho nitro benzene ring substituents is 1. The lowest BCUT2D eigenvalue weighted by Crippen LogP contribution is -2.34. The standard InChI is InChI=1S/C16H17N3O4/c20-11-14-6-2-1-5-13(14)10-18-16(21)17-9-12-4-3-7-15(8-12)19(22)23/h1-8,20H,9-11H2,(H2,17,18,21). The topological polar surface area (TPSA) is 104 Å². The Morgan fingerprint density at radius 3 is 2.43 bits per heavy atom. The molecule has 120 valence electrons. The molecule has 3 N–H and O–H groups in total. The van der Waals surface area contributed by atoms with E-state index in [9.17, 15) is 20.0 Å². The maximum Gasteiger partial charge on any atom is 0.315 e. The molecule has 0 heterocycles. The van der Waals surface area contributed by atoms with Crippen molar-refractivity contribution in [2.45, 2.75) is 19.7 Å². The Labute approximate surface area is 133 Å². The normalized spacial score (nSPS) is 10.1. The minimum absolute atomic E-state index is 0.0124. The van der Waals surface area contributed by atoms with Crippen molar-refractivity contribution in [1.82, 2.24) is 10.6 Å². The highest BCUT2D eigenvalue weighted by Crippen LogP contribution is 2.12. The van der Waals surface area contributed by atoms with E-state index in [2.05, 4.69) is 10.6 Å². The quantitative estimate of drug-likeness (QED) is 0.560. The molecule has 0 bridgehead atoms. The van der Waals surface area contributed by atoms with E-state index in [1.165, 1.54) is 12.1 Å². The number of amides is 2. The van der Waals surface area contributed by atoms with Gasteiger partial charge in [0, 0.05) is 25.2 Å². The predicted octanol–water partition coefficient (Wildman–Crippen LogP) is 2.09. The van der Waals surface area contributed by atoms with Gasteiger partial charge in [-0.2, -0.15) is 0 Å². The molecule has 0 aliphatic rings. The van der Waals surface area contributed by atoms with Crippen LogP contribution in [0.5, 0.6) is 0 Å². The molecular formula is C16H17N3O4. The molecule has 0 unspecified atom stereocenters. The summed E-state index contributed by atoms with van der Waals surface area (Å²) >= 11 is 0. The fourth-order valence-corrected chi connectivity index (χ4v) is 2.08. The molecule has 0 aromatic heterocycles. The maximum atomic E-state index is 11.8. The molecule has 2 rings (SSSR count). The fraction of sp³-hybridized carbons (Fsp3) is 0.188. The number of carbonyl (C=O) groups excluding carboxylic acids is 1. The van der Waals surface area contributed by atoms with Gasteiger partial charge in [0.05, 0.1) is 11.5 Å². The van der Waals surface area contributed by atoms with E-state index < -0.39 is 4.92 Å². The molecule has 0 radical (unpaired) electrons. The molecule has 0 saturated heterocycles. The van der Waals surface area contributed by atoms with Crippen LogP contribution in [0.2, 0.25) is 0 Å². The van der Waals surface area contributed by atoms with Gasteiger partial charge in [-0.25, -0.2) is 4.79 Å². The first kappa shape index (κ1) is 16.4. The third kappa shape index (κ3) is 4.79. The summed E-state index contributed by atoms with van der Waals surface area (Å²) in [6.07, 6.45) is 0. The lowest BCUT2D eigenvalue weighted by Gasteiger charge is -2.10. The second kappa shape index (κ2) is 7.90. The van der Waals surface area contributed by atoms with Crippen LogP contribution >= 0.6 is 0 Å². The average molecular weight is 315 g/mol. The number of carbonyl (C=O) groups is 1. The van der Waals surface area contributed by atoms with Gasteiger partial charge in [-0.15, -0.1) is 0 Å². The number of aliphatic hydroxyl groups excluding tert-OH is 1. The summed E-state index contributed by atoms with van der Waals surface area (Å²) in [5.74, 6) is 0. The van der Waals surface area contributed by atoms with E-state index in [1.54, 1.807) is 18.2 Å². The number of nitro benzene ring substituents is 1. The van der Waals surface area contributed by atoms with Crippen molar-refractivity contribution >= 4 is 11.7 Å². The number of hydrogen-bond acceptors (Lipinski definition) is 4. The van der Waals surface area contributed by atoms with Crippen molar-refractivity contribution in [2.75, 3.05) is 0 Å². The van der Waals surface area contributed by atoms with Crippen LogP contribution in [0, 0.1) is 10.1 Å². The Morgan fingerprint density at radius 1 is 1.04 bits per heavy atom. The van der Waals surface area contributed by atoms with E-state index >= 15 is 0 Å². The third-order valence-corrected chi connectivity index (χ3v) is 3.30. The molecule has 0 aliphatic carbocycles. The molecule has 7 heteroatoms. The Kier molecular flexibility index (Phi) is 5.65. The first-order valence-electron chi connectivity index (χ1n) is 7.03. The molecule has 0 saturated carbocycles.